The van der Waals surface area contributed by atoms with E-state index in [0.29, 0.717) is 34.6 Å². The van der Waals surface area contributed by atoms with E-state index < -0.39 is 0 Å². The number of rotatable bonds is 9. The molecule has 0 bridgehead atoms. The van der Waals surface area contributed by atoms with Crippen molar-refractivity contribution >= 4 is 34.1 Å². The van der Waals surface area contributed by atoms with Gasteiger partial charge in [0.25, 0.3) is 0 Å². The Bertz CT molecular complexity index is 1060. The number of carbonyl (C=O) groups is 1. The fourth-order valence-corrected chi connectivity index (χ4v) is 5.44. The van der Waals surface area contributed by atoms with Gasteiger partial charge in [-0.2, -0.15) is 0 Å². The van der Waals surface area contributed by atoms with Gasteiger partial charge in [-0.05, 0) is 36.5 Å². The van der Waals surface area contributed by atoms with Crippen molar-refractivity contribution in [3.05, 3.63) is 40.7 Å². The van der Waals surface area contributed by atoms with Crippen LogP contribution in [0.25, 0.3) is 0 Å². The molecular weight excluding hydrogens is 456 g/mol. The topological polar surface area (TPSA) is 94.8 Å². The predicted octanol–water partition coefficient (Wildman–Crippen LogP) is 5.15. The van der Waals surface area contributed by atoms with Gasteiger partial charge in [-0.3, -0.25) is 10.1 Å². The molecule has 1 saturated carbocycles. The zero-order valence-corrected chi connectivity index (χ0v) is 20.9. The minimum atomic E-state index is -0.127. The molecule has 0 aliphatic heterocycles. The fraction of sp³-hybridized carbons (Fsp3) is 0.522. The molecule has 33 heavy (non-hydrogen) atoms. The molecule has 1 aliphatic carbocycles. The minimum absolute atomic E-state index is 0.127. The molecule has 3 aromatic rings. The van der Waals surface area contributed by atoms with Crippen molar-refractivity contribution in [1.29, 1.82) is 0 Å². The van der Waals surface area contributed by atoms with Crippen molar-refractivity contribution in [3.8, 4) is 5.75 Å². The van der Waals surface area contributed by atoms with E-state index in [1.165, 1.54) is 60.8 Å². The Labute approximate surface area is 202 Å². The Morgan fingerprint density at radius 3 is 2.64 bits per heavy atom. The molecule has 0 spiro atoms. The van der Waals surface area contributed by atoms with Gasteiger partial charge < -0.3 is 9.30 Å². The largest absolute Gasteiger partial charge is 0.486 e. The Hall–Kier alpha value is -2.46. The summed E-state index contributed by atoms with van der Waals surface area (Å²) in [5, 5.41) is 22.0. The van der Waals surface area contributed by atoms with E-state index in [1.807, 2.05) is 23.7 Å². The lowest BCUT2D eigenvalue weighted by atomic mass is 9.90. The van der Waals surface area contributed by atoms with Crippen molar-refractivity contribution in [2.24, 2.45) is 7.05 Å². The SMILES string of the molecule is CC(C)c1ccc(OCc2nnc(SCC(=O)Nc3nnc(C4CCCCC4)s3)n2C)cc1. The molecule has 0 atom stereocenters. The quantitative estimate of drug-likeness (QED) is 0.418. The molecule has 176 valence electrons. The molecule has 0 radical (unpaired) electrons. The Morgan fingerprint density at radius 2 is 1.91 bits per heavy atom. The van der Waals surface area contributed by atoms with Crippen molar-refractivity contribution in [3.63, 3.8) is 0 Å². The van der Waals surface area contributed by atoms with Gasteiger partial charge in [0.1, 0.15) is 17.4 Å². The summed E-state index contributed by atoms with van der Waals surface area (Å²) in [7, 11) is 1.88. The van der Waals surface area contributed by atoms with E-state index in [0.717, 1.165) is 10.8 Å². The summed E-state index contributed by atoms with van der Waals surface area (Å²) in [5.74, 6) is 2.57. The van der Waals surface area contributed by atoms with Crippen molar-refractivity contribution in [2.75, 3.05) is 11.1 Å². The first-order valence-corrected chi connectivity index (χ1v) is 13.2. The molecule has 1 N–H and O–H groups in total. The number of nitrogens with one attached hydrogen (secondary N) is 1. The third-order valence-electron chi connectivity index (χ3n) is 5.81. The van der Waals surface area contributed by atoms with Gasteiger partial charge in [-0.25, -0.2) is 0 Å². The smallest absolute Gasteiger partial charge is 0.236 e. The van der Waals surface area contributed by atoms with Crippen LogP contribution < -0.4 is 10.1 Å². The zero-order valence-electron chi connectivity index (χ0n) is 19.3. The number of thioether (sulfide) groups is 1. The number of ether oxygens (including phenoxy) is 1. The standard InChI is InChI=1S/C23H30N6O2S2/c1-15(2)16-9-11-18(12-10-16)31-13-19-25-28-23(29(19)3)32-14-20(30)24-22-27-26-21(33-22)17-7-5-4-6-8-17/h9-12,15,17H,4-8,13-14H2,1-3H3,(H,24,27,30). The number of anilines is 1. The monoisotopic (exact) mass is 486 g/mol. The van der Waals surface area contributed by atoms with E-state index in [-0.39, 0.29) is 11.7 Å². The highest BCUT2D eigenvalue weighted by Gasteiger charge is 2.20. The number of hydrogen-bond acceptors (Lipinski definition) is 8. The summed E-state index contributed by atoms with van der Waals surface area (Å²) >= 11 is 2.83. The van der Waals surface area contributed by atoms with Crippen molar-refractivity contribution < 1.29 is 9.53 Å². The second-order valence-corrected chi connectivity index (χ2v) is 10.5. The number of amides is 1. The maximum absolute atomic E-state index is 12.4. The summed E-state index contributed by atoms with van der Waals surface area (Å²) in [5.41, 5.74) is 1.27. The Morgan fingerprint density at radius 1 is 1.15 bits per heavy atom. The van der Waals surface area contributed by atoms with Crippen molar-refractivity contribution in [1.82, 2.24) is 25.0 Å². The average Bonchev–Trinajstić information content (AvgIpc) is 3.43. The normalized spacial score (nSPS) is 14.5. The molecule has 2 heterocycles. The second kappa shape index (κ2) is 11.1. The maximum Gasteiger partial charge on any atom is 0.236 e. The summed E-state index contributed by atoms with van der Waals surface area (Å²) in [6, 6.07) is 8.09. The highest BCUT2D eigenvalue weighted by Crippen LogP contribution is 2.35. The number of hydrogen-bond donors (Lipinski definition) is 1. The van der Waals surface area contributed by atoms with Gasteiger partial charge in [-0.15, -0.1) is 20.4 Å². The van der Waals surface area contributed by atoms with Gasteiger partial charge in [0.15, 0.2) is 11.0 Å². The minimum Gasteiger partial charge on any atom is -0.486 e. The molecule has 0 unspecified atom stereocenters. The number of benzene rings is 1. The Kier molecular flexibility index (Phi) is 7.97. The lowest BCUT2D eigenvalue weighted by Gasteiger charge is -2.18. The second-order valence-electron chi connectivity index (χ2n) is 8.59. The highest BCUT2D eigenvalue weighted by atomic mass is 32.2. The number of aromatic nitrogens is 5. The van der Waals surface area contributed by atoms with Crippen LogP contribution in [0.4, 0.5) is 5.13 Å². The van der Waals surface area contributed by atoms with Gasteiger partial charge >= 0.3 is 0 Å². The van der Waals surface area contributed by atoms with E-state index >= 15 is 0 Å². The van der Waals surface area contributed by atoms with Crippen LogP contribution in [0.1, 0.15) is 74.2 Å². The summed E-state index contributed by atoms with van der Waals surface area (Å²) < 4.78 is 7.71. The predicted molar refractivity (Wildman–Crippen MR) is 131 cm³/mol. The summed E-state index contributed by atoms with van der Waals surface area (Å²) in [4.78, 5) is 12.4. The first-order valence-electron chi connectivity index (χ1n) is 11.4. The fourth-order valence-electron chi connectivity index (χ4n) is 3.78. The maximum atomic E-state index is 12.4. The van der Waals surface area contributed by atoms with Crippen LogP contribution in [0, 0.1) is 0 Å². The third kappa shape index (κ3) is 6.32. The van der Waals surface area contributed by atoms with Crippen LogP contribution in [0.15, 0.2) is 29.4 Å². The van der Waals surface area contributed by atoms with Gasteiger partial charge in [0, 0.05) is 13.0 Å². The van der Waals surface area contributed by atoms with Gasteiger partial charge in [-0.1, -0.05) is 68.3 Å². The zero-order chi connectivity index (χ0) is 23.2. The van der Waals surface area contributed by atoms with Crippen LogP contribution in [0.5, 0.6) is 5.75 Å². The van der Waals surface area contributed by atoms with E-state index in [4.69, 9.17) is 4.74 Å². The molecular formula is C23H30N6O2S2. The van der Waals surface area contributed by atoms with Crippen LogP contribution in [0.2, 0.25) is 0 Å². The van der Waals surface area contributed by atoms with Gasteiger partial charge in [0.05, 0.1) is 5.75 Å². The van der Waals surface area contributed by atoms with Crippen LogP contribution in [-0.2, 0) is 18.4 Å². The Balaban J connectivity index is 1.25. The molecule has 0 saturated heterocycles. The average molecular weight is 487 g/mol. The van der Waals surface area contributed by atoms with Crippen LogP contribution >= 0.6 is 23.1 Å². The van der Waals surface area contributed by atoms with Gasteiger partial charge in [0.2, 0.25) is 11.0 Å². The summed E-state index contributed by atoms with van der Waals surface area (Å²) in [6.45, 7) is 4.64. The number of nitrogens with zero attached hydrogens (tertiary/aromatic N) is 5. The summed E-state index contributed by atoms with van der Waals surface area (Å²) in [6.07, 6.45) is 6.13. The van der Waals surface area contributed by atoms with E-state index in [9.17, 15) is 4.79 Å². The number of carbonyl (C=O) groups excluding carboxylic acids is 1. The first-order chi connectivity index (χ1) is 16.0. The molecule has 1 amide bonds. The van der Waals surface area contributed by atoms with Crippen molar-refractivity contribution in [2.45, 2.75) is 69.6 Å². The first kappa shape index (κ1) is 23.7. The molecule has 1 aromatic carbocycles. The van der Waals surface area contributed by atoms with Crippen LogP contribution in [-0.4, -0.2) is 36.6 Å². The van der Waals surface area contributed by atoms with Crippen LogP contribution in [0.3, 0.4) is 0 Å². The molecule has 1 aliphatic rings. The lowest BCUT2D eigenvalue weighted by molar-refractivity contribution is -0.113. The highest BCUT2D eigenvalue weighted by molar-refractivity contribution is 7.99. The lowest BCUT2D eigenvalue weighted by Crippen LogP contribution is -2.14. The molecule has 4 rings (SSSR count). The molecule has 8 nitrogen and oxygen atoms in total. The van der Waals surface area contributed by atoms with E-state index in [1.54, 1.807) is 0 Å². The third-order valence-corrected chi connectivity index (χ3v) is 7.83. The molecule has 1 fully saturated rings. The molecule has 2 aromatic heterocycles. The van der Waals surface area contributed by atoms with E-state index in [2.05, 4.69) is 51.7 Å². The molecule has 10 heteroatoms.